The molecular weight excluding hydrogens is 248 g/mol. The molecule has 0 aliphatic heterocycles. The number of aliphatic carboxylic acids is 1. The second-order valence-corrected chi connectivity index (χ2v) is 4.24. The van der Waals surface area contributed by atoms with Gasteiger partial charge in [0.1, 0.15) is 11.8 Å². The lowest BCUT2D eigenvalue weighted by Crippen LogP contribution is -2.41. The number of nitrogens with one attached hydrogen (secondary N) is 1. The SMILES string of the molecule is C/C=C/CC(NC(=O)Cc1c(C)noc1C)C(=O)O. The smallest absolute Gasteiger partial charge is 0.326 e. The summed E-state index contributed by atoms with van der Waals surface area (Å²) >= 11 is 0. The van der Waals surface area contributed by atoms with E-state index in [1.165, 1.54) is 0 Å². The molecule has 1 atom stereocenters. The first-order valence-electron chi connectivity index (χ1n) is 6.00. The Balaban J connectivity index is 2.65. The third-order valence-electron chi connectivity index (χ3n) is 2.76. The molecule has 1 rings (SSSR count). The van der Waals surface area contributed by atoms with Crippen molar-refractivity contribution < 1.29 is 19.2 Å². The standard InChI is InChI=1S/C13H18N2O4/c1-4-5-6-11(13(17)18)14-12(16)7-10-8(2)15-19-9(10)3/h4-5,11H,6-7H2,1-3H3,(H,14,16)(H,17,18)/b5-4+. The number of aryl methyl sites for hydroxylation is 2. The number of amides is 1. The summed E-state index contributed by atoms with van der Waals surface area (Å²) in [7, 11) is 0. The summed E-state index contributed by atoms with van der Waals surface area (Å²) < 4.78 is 4.96. The lowest BCUT2D eigenvalue weighted by molar-refractivity contribution is -0.141. The molecule has 19 heavy (non-hydrogen) atoms. The Kier molecular flexibility index (Phi) is 5.29. The van der Waals surface area contributed by atoms with Crippen molar-refractivity contribution in [2.24, 2.45) is 0 Å². The molecule has 104 valence electrons. The van der Waals surface area contributed by atoms with Crippen LogP contribution in [0.4, 0.5) is 0 Å². The van der Waals surface area contributed by atoms with Gasteiger partial charge in [-0.1, -0.05) is 17.3 Å². The number of nitrogens with zero attached hydrogens (tertiary/aromatic N) is 1. The van der Waals surface area contributed by atoms with Crippen LogP contribution in [0.25, 0.3) is 0 Å². The minimum atomic E-state index is -1.05. The van der Waals surface area contributed by atoms with Crippen molar-refractivity contribution in [3.05, 3.63) is 29.2 Å². The van der Waals surface area contributed by atoms with Crippen molar-refractivity contribution in [2.45, 2.75) is 39.7 Å². The summed E-state index contributed by atoms with van der Waals surface area (Å²) in [6, 6.07) is -0.913. The Morgan fingerprint density at radius 2 is 2.16 bits per heavy atom. The van der Waals surface area contributed by atoms with Gasteiger partial charge >= 0.3 is 5.97 Å². The van der Waals surface area contributed by atoms with Gasteiger partial charge in [0.2, 0.25) is 5.91 Å². The van der Waals surface area contributed by atoms with Crippen molar-refractivity contribution in [1.29, 1.82) is 0 Å². The number of carbonyl (C=O) groups excluding carboxylic acids is 1. The molecule has 0 aromatic carbocycles. The van der Waals surface area contributed by atoms with E-state index in [1.54, 1.807) is 32.9 Å². The molecule has 1 amide bonds. The third-order valence-corrected chi connectivity index (χ3v) is 2.76. The zero-order chi connectivity index (χ0) is 14.4. The molecular formula is C13H18N2O4. The highest BCUT2D eigenvalue weighted by atomic mass is 16.5. The average molecular weight is 266 g/mol. The maximum Gasteiger partial charge on any atom is 0.326 e. The predicted molar refractivity (Wildman–Crippen MR) is 68.7 cm³/mol. The minimum Gasteiger partial charge on any atom is -0.480 e. The summed E-state index contributed by atoms with van der Waals surface area (Å²) in [6.07, 6.45) is 3.78. The van der Waals surface area contributed by atoms with Crippen LogP contribution in [0.5, 0.6) is 0 Å². The van der Waals surface area contributed by atoms with Gasteiger partial charge < -0.3 is 14.9 Å². The van der Waals surface area contributed by atoms with Crippen molar-refractivity contribution in [2.75, 3.05) is 0 Å². The van der Waals surface area contributed by atoms with Crippen LogP contribution in [0.1, 0.15) is 30.4 Å². The fourth-order valence-corrected chi connectivity index (χ4v) is 1.65. The predicted octanol–water partition coefficient (Wildman–Crippen LogP) is 1.37. The molecule has 1 aromatic heterocycles. The highest BCUT2D eigenvalue weighted by Gasteiger charge is 2.20. The fourth-order valence-electron chi connectivity index (χ4n) is 1.65. The Morgan fingerprint density at radius 1 is 1.47 bits per heavy atom. The van der Waals surface area contributed by atoms with E-state index in [9.17, 15) is 9.59 Å². The molecule has 1 unspecified atom stereocenters. The highest BCUT2D eigenvalue weighted by molar-refractivity contribution is 5.85. The van der Waals surface area contributed by atoms with Crippen LogP contribution in [-0.2, 0) is 16.0 Å². The second-order valence-electron chi connectivity index (χ2n) is 4.24. The first-order chi connectivity index (χ1) is 8.95. The maximum atomic E-state index is 11.8. The maximum absolute atomic E-state index is 11.8. The molecule has 1 aromatic rings. The van der Waals surface area contributed by atoms with E-state index in [0.717, 1.165) is 0 Å². The summed E-state index contributed by atoms with van der Waals surface area (Å²) in [5.74, 6) is -0.829. The van der Waals surface area contributed by atoms with Crippen molar-refractivity contribution >= 4 is 11.9 Å². The van der Waals surface area contributed by atoms with E-state index in [4.69, 9.17) is 9.63 Å². The molecule has 0 aliphatic carbocycles. The van der Waals surface area contributed by atoms with Gasteiger partial charge in [0, 0.05) is 5.56 Å². The first kappa shape index (κ1) is 14.9. The molecule has 0 spiro atoms. The fraction of sp³-hybridized carbons (Fsp3) is 0.462. The summed E-state index contributed by atoms with van der Waals surface area (Å²) in [6.45, 7) is 5.26. The lowest BCUT2D eigenvalue weighted by Gasteiger charge is -2.12. The van der Waals surface area contributed by atoms with Crippen molar-refractivity contribution in [3.8, 4) is 0 Å². The molecule has 0 saturated carbocycles. The van der Waals surface area contributed by atoms with Gasteiger partial charge in [-0.2, -0.15) is 0 Å². The number of hydrogen-bond donors (Lipinski definition) is 2. The van der Waals surface area contributed by atoms with Gasteiger partial charge in [0.25, 0.3) is 0 Å². The number of allylic oxidation sites excluding steroid dienone is 1. The Hall–Kier alpha value is -2.11. The van der Waals surface area contributed by atoms with Gasteiger partial charge in [-0.3, -0.25) is 4.79 Å². The molecule has 0 saturated heterocycles. The third kappa shape index (κ3) is 4.24. The van der Waals surface area contributed by atoms with Crippen molar-refractivity contribution in [1.82, 2.24) is 10.5 Å². The van der Waals surface area contributed by atoms with Gasteiger partial charge in [-0.25, -0.2) is 4.79 Å². The van der Waals surface area contributed by atoms with Crippen LogP contribution in [0.15, 0.2) is 16.7 Å². The van der Waals surface area contributed by atoms with E-state index in [-0.39, 0.29) is 18.7 Å². The molecule has 2 N–H and O–H groups in total. The number of carboxylic acid groups (broad SMARTS) is 1. The largest absolute Gasteiger partial charge is 0.480 e. The van der Waals surface area contributed by atoms with Gasteiger partial charge in [-0.15, -0.1) is 0 Å². The van der Waals surface area contributed by atoms with Crippen LogP contribution >= 0.6 is 0 Å². The minimum absolute atomic E-state index is 0.0702. The van der Waals surface area contributed by atoms with E-state index < -0.39 is 12.0 Å². The highest BCUT2D eigenvalue weighted by Crippen LogP contribution is 2.12. The van der Waals surface area contributed by atoms with Gasteiger partial charge in [0.15, 0.2) is 0 Å². The molecule has 0 bridgehead atoms. The second kappa shape index (κ2) is 6.72. The Morgan fingerprint density at radius 3 is 2.63 bits per heavy atom. The van der Waals surface area contributed by atoms with Crippen LogP contribution < -0.4 is 5.32 Å². The molecule has 0 fully saturated rings. The normalized spacial score (nSPS) is 12.6. The van der Waals surface area contributed by atoms with Crippen LogP contribution in [0.3, 0.4) is 0 Å². The van der Waals surface area contributed by atoms with E-state index >= 15 is 0 Å². The van der Waals surface area contributed by atoms with Crippen LogP contribution in [0.2, 0.25) is 0 Å². The monoisotopic (exact) mass is 266 g/mol. The number of carboxylic acids is 1. The number of hydrogen-bond acceptors (Lipinski definition) is 4. The number of rotatable bonds is 6. The quantitative estimate of drug-likeness (QED) is 0.759. The van der Waals surface area contributed by atoms with Gasteiger partial charge in [0.05, 0.1) is 12.1 Å². The zero-order valence-corrected chi connectivity index (χ0v) is 11.3. The Labute approximate surface area is 111 Å². The lowest BCUT2D eigenvalue weighted by atomic mass is 10.1. The topological polar surface area (TPSA) is 92.4 Å². The summed E-state index contributed by atoms with van der Waals surface area (Å²) in [4.78, 5) is 22.8. The summed E-state index contributed by atoms with van der Waals surface area (Å²) in [5.41, 5.74) is 1.35. The van der Waals surface area contributed by atoms with E-state index in [1.807, 2.05) is 0 Å². The van der Waals surface area contributed by atoms with E-state index in [0.29, 0.717) is 17.0 Å². The first-order valence-corrected chi connectivity index (χ1v) is 6.00. The van der Waals surface area contributed by atoms with Crippen LogP contribution in [-0.4, -0.2) is 28.2 Å². The average Bonchev–Trinajstić information content (AvgIpc) is 2.66. The van der Waals surface area contributed by atoms with Crippen molar-refractivity contribution in [3.63, 3.8) is 0 Å². The Bertz CT molecular complexity index is 471. The molecule has 0 radical (unpaired) electrons. The number of carbonyl (C=O) groups is 2. The molecule has 6 nitrogen and oxygen atoms in total. The van der Waals surface area contributed by atoms with Crippen LogP contribution in [0, 0.1) is 13.8 Å². The van der Waals surface area contributed by atoms with E-state index in [2.05, 4.69) is 10.5 Å². The zero-order valence-electron chi connectivity index (χ0n) is 11.3. The molecule has 6 heteroatoms. The molecule has 1 heterocycles. The number of aromatic nitrogens is 1. The van der Waals surface area contributed by atoms with Gasteiger partial charge in [-0.05, 0) is 27.2 Å². The molecule has 0 aliphatic rings. The summed E-state index contributed by atoms with van der Waals surface area (Å²) in [5, 5.41) is 15.2.